The van der Waals surface area contributed by atoms with Crippen LogP contribution in [-0.4, -0.2) is 34.5 Å². The summed E-state index contributed by atoms with van der Waals surface area (Å²) in [4.78, 5) is 24.5. The molecular weight excluding hydrogens is 206 g/mol. The minimum atomic E-state index is -0.895. The molecule has 0 aliphatic carbocycles. The van der Waals surface area contributed by atoms with Gasteiger partial charge in [0.2, 0.25) is 5.91 Å². The van der Waals surface area contributed by atoms with E-state index in [2.05, 4.69) is 6.58 Å². The molecule has 0 spiro atoms. The first-order valence-corrected chi connectivity index (χ1v) is 5.61. The van der Waals surface area contributed by atoms with Crippen molar-refractivity contribution in [3.63, 3.8) is 0 Å². The van der Waals surface area contributed by atoms with Gasteiger partial charge in [-0.3, -0.25) is 4.79 Å². The van der Waals surface area contributed by atoms with Crippen LogP contribution in [0.25, 0.3) is 0 Å². The first-order valence-electron chi connectivity index (χ1n) is 5.61. The summed E-state index contributed by atoms with van der Waals surface area (Å²) in [6.45, 7) is 8.04. The van der Waals surface area contributed by atoms with Gasteiger partial charge in [-0.15, -0.1) is 6.58 Å². The minimum absolute atomic E-state index is 0.0621. The smallest absolute Gasteiger partial charge is 0.326 e. The fourth-order valence-corrected chi connectivity index (χ4v) is 2.18. The van der Waals surface area contributed by atoms with Crippen LogP contribution in [0.2, 0.25) is 0 Å². The lowest BCUT2D eigenvalue weighted by molar-refractivity contribution is -0.149. The minimum Gasteiger partial charge on any atom is -0.480 e. The summed E-state index contributed by atoms with van der Waals surface area (Å²) < 4.78 is 0. The molecule has 1 fully saturated rings. The molecule has 0 saturated carbocycles. The molecule has 0 radical (unpaired) electrons. The Morgan fingerprint density at radius 2 is 2.19 bits per heavy atom. The van der Waals surface area contributed by atoms with Gasteiger partial charge in [0.05, 0.1) is 0 Å². The molecule has 1 saturated heterocycles. The van der Waals surface area contributed by atoms with E-state index in [0.29, 0.717) is 19.4 Å². The summed E-state index contributed by atoms with van der Waals surface area (Å²) in [7, 11) is 0. The van der Waals surface area contributed by atoms with Gasteiger partial charge in [0.1, 0.15) is 6.04 Å². The predicted molar refractivity (Wildman–Crippen MR) is 61.0 cm³/mol. The van der Waals surface area contributed by atoms with Gasteiger partial charge in [-0.05, 0) is 26.2 Å². The maximum atomic E-state index is 12.0. The fourth-order valence-electron chi connectivity index (χ4n) is 2.18. The Morgan fingerprint density at radius 1 is 1.56 bits per heavy atom. The van der Waals surface area contributed by atoms with Crippen LogP contribution in [0.15, 0.2) is 12.2 Å². The number of amides is 1. The van der Waals surface area contributed by atoms with Crippen molar-refractivity contribution in [2.45, 2.75) is 39.2 Å². The summed E-state index contributed by atoms with van der Waals surface area (Å²) in [6, 6.07) is -0.625. The van der Waals surface area contributed by atoms with E-state index in [1.54, 1.807) is 0 Å². The van der Waals surface area contributed by atoms with Gasteiger partial charge in [-0.1, -0.05) is 12.5 Å². The highest BCUT2D eigenvalue weighted by Crippen LogP contribution is 2.22. The number of likely N-dealkylation sites (tertiary alicyclic amines) is 1. The number of hydrogen-bond acceptors (Lipinski definition) is 2. The summed E-state index contributed by atoms with van der Waals surface area (Å²) in [6.07, 6.45) is 1.98. The number of carboxylic acids is 1. The highest BCUT2D eigenvalue weighted by Gasteiger charge is 2.35. The summed E-state index contributed by atoms with van der Waals surface area (Å²) in [5.41, 5.74) is 0.951. The average molecular weight is 225 g/mol. The molecule has 2 atom stereocenters. The molecule has 16 heavy (non-hydrogen) atoms. The van der Waals surface area contributed by atoms with Crippen LogP contribution in [0, 0.1) is 5.92 Å². The van der Waals surface area contributed by atoms with E-state index in [4.69, 9.17) is 5.11 Å². The normalized spacial score (nSPS) is 21.9. The number of hydrogen-bond donors (Lipinski definition) is 1. The zero-order valence-corrected chi connectivity index (χ0v) is 9.90. The Kier molecular flexibility index (Phi) is 4.10. The molecular formula is C12H19NO3. The Morgan fingerprint density at radius 3 is 2.69 bits per heavy atom. The molecule has 1 heterocycles. The number of carbonyl (C=O) groups excluding carboxylic acids is 1. The molecule has 1 aliphatic rings. The van der Waals surface area contributed by atoms with Crippen molar-refractivity contribution in [1.29, 1.82) is 0 Å². The van der Waals surface area contributed by atoms with E-state index in [9.17, 15) is 9.59 Å². The predicted octanol–water partition coefficient (Wildman–Crippen LogP) is 1.66. The second-order valence-corrected chi connectivity index (χ2v) is 4.59. The van der Waals surface area contributed by atoms with E-state index < -0.39 is 12.0 Å². The number of carboxylic acid groups (broad SMARTS) is 1. The SMILES string of the molecule is C=C(C)CC(C)C(=O)N1CCC[C@H]1C(=O)O. The molecule has 1 aliphatic heterocycles. The second-order valence-electron chi connectivity index (χ2n) is 4.59. The van der Waals surface area contributed by atoms with Gasteiger partial charge in [-0.25, -0.2) is 4.79 Å². The van der Waals surface area contributed by atoms with Crippen molar-refractivity contribution >= 4 is 11.9 Å². The van der Waals surface area contributed by atoms with E-state index >= 15 is 0 Å². The third-order valence-corrected chi connectivity index (χ3v) is 2.90. The zero-order chi connectivity index (χ0) is 12.3. The van der Waals surface area contributed by atoms with Crippen molar-refractivity contribution in [2.24, 2.45) is 5.92 Å². The molecule has 1 N–H and O–H groups in total. The largest absolute Gasteiger partial charge is 0.480 e. The monoisotopic (exact) mass is 225 g/mol. The van der Waals surface area contributed by atoms with Crippen LogP contribution in [0.5, 0.6) is 0 Å². The van der Waals surface area contributed by atoms with Crippen LogP contribution in [0.4, 0.5) is 0 Å². The molecule has 0 aromatic carbocycles. The van der Waals surface area contributed by atoms with Gasteiger partial charge in [0, 0.05) is 12.5 Å². The molecule has 1 rings (SSSR count). The number of nitrogens with zero attached hydrogens (tertiary/aromatic N) is 1. The molecule has 0 bridgehead atoms. The average Bonchev–Trinajstić information content (AvgIpc) is 2.63. The molecule has 4 nitrogen and oxygen atoms in total. The van der Waals surface area contributed by atoms with Gasteiger partial charge in [0.15, 0.2) is 0 Å². The van der Waals surface area contributed by atoms with Crippen LogP contribution >= 0.6 is 0 Å². The topological polar surface area (TPSA) is 57.6 Å². The maximum Gasteiger partial charge on any atom is 0.326 e. The van der Waals surface area contributed by atoms with Crippen LogP contribution in [0.1, 0.15) is 33.1 Å². The maximum absolute atomic E-state index is 12.0. The molecule has 1 amide bonds. The van der Waals surface area contributed by atoms with Gasteiger partial charge >= 0.3 is 5.97 Å². The second kappa shape index (κ2) is 5.14. The van der Waals surface area contributed by atoms with Gasteiger partial charge in [-0.2, -0.15) is 0 Å². The van der Waals surface area contributed by atoms with E-state index in [1.165, 1.54) is 4.90 Å². The first-order chi connectivity index (χ1) is 7.43. The molecule has 0 aromatic heterocycles. The number of rotatable bonds is 4. The van der Waals surface area contributed by atoms with Crippen molar-refractivity contribution in [3.8, 4) is 0 Å². The summed E-state index contributed by atoms with van der Waals surface area (Å²) >= 11 is 0. The molecule has 90 valence electrons. The lowest BCUT2D eigenvalue weighted by atomic mass is 10.0. The van der Waals surface area contributed by atoms with Crippen molar-refractivity contribution < 1.29 is 14.7 Å². The summed E-state index contributed by atoms with van der Waals surface area (Å²) in [5.74, 6) is -1.13. The zero-order valence-electron chi connectivity index (χ0n) is 9.90. The fraction of sp³-hybridized carbons (Fsp3) is 0.667. The standard InChI is InChI=1S/C12H19NO3/c1-8(2)7-9(3)11(14)13-6-4-5-10(13)12(15)16/h9-10H,1,4-7H2,2-3H3,(H,15,16)/t9?,10-/m0/s1. The molecule has 4 heteroatoms. The Bertz CT molecular complexity index is 311. The van der Waals surface area contributed by atoms with Crippen LogP contribution in [-0.2, 0) is 9.59 Å². The van der Waals surface area contributed by atoms with E-state index in [0.717, 1.165) is 12.0 Å². The Hall–Kier alpha value is -1.32. The Balaban J connectivity index is 2.65. The van der Waals surface area contributed by atoms with Crippen molar-refractivity contribution in [1.82, 2.24) is 4.90 Å². The third kappa shape index (κ3) is 2.84. The molecule has 0 aromatic rings. The van der Waals surface area contributed by atoms with Crippen molar-refractivity contribution in [3.05, 3.63) is 12.2 Å². The first kappa shape index (κ1) is 12.7. The Labute approximate surface area is 95.9 Å². The van der Waals surface area contributed by atoms with Crippen molar-refractivity contribution in [2.75, 3.05) is 6.54 Å². The highest BCUT2D eigenvalue weighted by atomic mass is 16.4. The lowest BCUT2D eigenvalue weighted by Crippen LogP contribution is -2.43. The van der Waals surface area contributed by atoms with Gasteiger partial charge in [0.25, 0.3) is 0 Å². The molecule has 1 unspecified atom stereocenters. The number of aliphatic carboxylic acids is 1. The highest BCUT2D eigenvalue weighted by molar-refractivity contribution is 5.85. The van der Waals surface area contributed by atoms with Crippen LogP contribution < -0.4 is 0 Å². The quantitative estimate of drug-likeness (QED) is 0.740. The van der Waals surface area contributed by atoms with Gasteiger partial charge < -0.3 is 10.0 Å². The number of allylic oxidation sites excluding steroid dienone is 1. The lowest BCUT2D eigenvalue weighted by Gasteiger charge is -2.24. The third-order valence-electron chi connectivity index (χ3n) is 2.90. The van der Waals surface area contributed by atoms with Crippen LogP contribution in [0.3, 0.4) is 0 Å². The van der Waals surface area contributed by atoms with E-state index in [1.807, 2.05) is 13.8 Å². The number of carbonyl (C=O) groups is 2. The van der Waals surface area contributed by atoms with E-state index in [-0.39, 0.29) is 11.8 Å². The summed E-state index contributed by atoms with van der Waals surface area (Å²) in [5, 5.41) is 8.98.